The van der Waals surface area contributed by atoms with Gasteiger partial charge in [-0.05, 0) is 18.5 Å². The van der Waals surface area contributed by atoms with E-state index in [2.05, 4.69) is 15.0 Å². The third kappa shape index (κ3) is 2.98. The maximum absolute atomic E-state index is 9.14. The highest BCUT2D eigenvalue weighted by Crippen LogP contribution is 2.24. The lowest BCUT2D eigenvalue weighted by molar-refractivity contribution is -0.0734. The van der Waals surface area contributed by atoms with Crippen LogP contribution in [0.25, 0.3) is 11.2 Å². The molecule has 110 valence electrons. The summed E-state index contributed by atoms with van der Waals surface area (Å²) < 4.78 is 7.25. The Morgan fingerprint density at radius 3 is 2.85 bits per heavy atom. The Bertz CT molecular complexity index is 591. The molecule has 9 heteroatoms. The van der Waals surface area contributed by atoms with Gasteiger partial charge in [-0.3, -0.25) is 4.57 Å². The number of rotatable bonds is 6. The summed E-state index contributed by atoms with van der Waals surface area (Å²) >= 11 is 5.79. The summed E-state index contributed by atoms with van der Waals surface area (Å²) in [6, 6.07) is 0. The second-order valence-electron chi connectivity index (χ2n) is 4.30. The molecule has 2 rings (SSSR count). The molecule has 0 bridgehead atoms. The predicted molar refractivity (Wildman–Crippen MR) is 73.1 cm³/mol. The monoisotopic (exact) mass is 301 g/mol. The van der Waals surface area contributed by atoms with Crippen LogP contribution in [-0.4, -0.2) is 49.0 Å². The maximum Gasteiger partial charge on any atom is 0.226 e. The van der Waals surface area contributed by atoms with E-state index in [1.54, 1.807) is 11.5 Å². The quantitative estimate of drug-likeness (QED) is 0.658. The summed E-state index contributed by atoms with van der Waals surface area (Å²) in [5.41, 5.74) is 6.57. The molecule has 2 aromatic heterocycles. The van der Waals surface area contributed by atoms with Gasteiger partial charge < -0.3 is 20.7 Å². The molecule has 0 fully saturated rings. The van der Waals surface area contributed by atoms with Crippen molar-refractivity contribution >= 4 is 28.6 Å². The molecule has 20 heavy (non-hydrogen) atoms. The molecule has 1 unspecified atom stereocenters. The van der Waals surface area contributed by atoms with Gasteiger partial charge in [0.15, 0.2) is 11.5 Å². The minimum absolute atomic E-state index is 0.00899. The number of imidazole rings is 1. The van der Waals surface area contributed by atoms with Crippen LogP contribution in [0.1, 0.15) is 19.6 Å². The van der Waals surface area contributed by atoms with Gasteiger partial charge >= 0.3 is 0 Å². The van der Waals surface area contributed by atoms with Crippen LogP contribution >= 0.6 is 11.6 Å². The van der Waals surface area contributed by atoms with Crippen LogP contribution < -0.4 is 5.73 Å². The zero-order valence-electron chi connectivity index (χ0n) is 10.9. The fraction of sp³-hybridized carbons (Fsp3) is 0.545. The maximum atomic E-state index is 9.14. The number of nitrogen functional groups attached to an aromatic ring is 1. The van der Waals surface area contributed by atoms with Gasteiger partial charge in [0.1, 0.15) is 11.7 Å². The van der Waals surface area contributed by atoms with Crippen LogP contribution in [0.3, 0.4) is 0 Å². The van der Waals surface area contributed by atoms with Crippen molar-refractivity contribution in [2.45, 2.75) is 25.7 Å². The van der Waals surface area contributed by atoms with Crippen molar-refractivity contribution in [3.63, 3.8) is 0 Å². The van der Waals surface area contributed by atoms with Gasteiger partial charge in [0, 0.05) is 13.0 Å². The van der Waals surface area contributed by atoms with E-state index in [0.717, 1.165) is 0 Å². The van der Waals surface area contributed by atoms with Crippen molar-refractivity contribution < 1.29 is 14.9 Å². The van der Waals surface area contributed by atoms with Crippen LogP contribution in [-0.2, 0) is 4.74 Å². The summed E-state index contributed by atoms with van der Waals surface area (Å²) in [6.07, 6.45) is 0.893. The molecule has 4 N–H and O–H groups in total. The third-order valence-corrected chi connectivity index (χ3v) is 2.92. The van der Waals surface area contributed by atoms with Gasteiger partial charge in [-0.2, -0.15) is 9.97 Å². The van der Waals surface area contributed by atoms with Gasteiger partial charge in [0.25, 0.3) is 0 Å². The van der Waals surface area contributed by atoms with Crippen LogP contribution in [0.15, 0.2) is 6.33 Å². The predicted octanol–water partition coefficient (Wildman–Crippen LogP) is 0.340. The van der Waals surface area contributed by atoms with E-state index < -0.39 is 12.3 Å². The van der Waals surface area contributed by atoms with Gasteiger partial charge in [0.05, 0.1) is 19.0 Å². The molecular formula is C11H16ClN5O3. The Morgan fingerprint density at radius 2 is 2.20 bits per heavy atom. The first-order valence-corrected chi connectivity index (χ1v) is 6.47. The number of ether oxygens (including phenoxy) is 1. The molecular weight excluding hydrogens is 286 g/mol. The zero-order chi connectivity index (χ0) is 14.7. The molecule has 0 aliphatic carbocycles. The van der Waals surface area contributed by atoms with Crippen molar-refractivity contribution in [3.05, 3.63) is 11.6 Å². The van der Waals surface area contributed by atoms with Crippen molar-refractivity contribution in [2.75, 3.05) is 18.9 Å². The second-order valence-corrected chi connectivity index (χ2v) is 4.64. The normalized spacial score (nSPS) is 14.6. The minimum atomic E-state index is -0.530. The van der Waals surface area contributed by atoms with E-state index in [1.807, 2.05) is 0 Å². The molecule has 0 saturated heterocycles. The van der Waals surface area contributed by atoms with Crippen molar-refractivity contribution in [3.8, 4) is 0 Å². The molecule has 0 aliphatic heterocycles. The highest BCUT2D eigenvalue weighted by Gasteiger charge is 2.19. The van der Waals surface area contributed by atoms with Gasteiger partial charge in [-0.25, -0.2) is 4.98 Å². The lowest BCUT2D eigenvalue weighted by Crippen LogP contribution is -2.22. The zero-order valence-corrected chi connectivity index (χ0v) is 11.7. The van der Waals surface area contributed by atoms with Crippen molar-refractivity contribution in [1.82, 2.24) is 19.5 Å². The average Bonchev–Trinajstić information content (AvgIpc) is 2.81. The number of aliphatic hydroxyl groups is 2. The van der Waals surface area contributed by atoms with Gasteiger partial charge in [0.2, 0.25) is 5.28 Å². The van der Waals surface area contributed by atoms with Crippen molar-refractivity contribution in [2.24, 2.45) is 0 Å². The lowest BCUT2D eigenvalue weighted by atomic mass is 10.3. The topological polar surface area (TPSA) is 119 Å². The molecule has 0 radical (unpaired) electrons. The number of hydrogen-bond acceptors (Lipinski definition) is 7. The Morgan fingerprint density at radius 1 is 1.45 bits per heavy atom. The highest BCUT2D eigenvalue weighted by molar-refractivity contribution is 6.28. The van der Waals surface area contributed by atoms with Crippen LogP contribution in [0.4, 0.5) is 5.82 Å². The first kappa shape index (κ1) is 14.9. The number of hydrogen-bond donors (Lipinski definition) is 3. The highest BCUT2D eigenvalue weighted by atomic mass is 35.5. The Hall–Kier alpha value is -1.48. The molecule has 0 spiro atoms. The van der Waals surface area contributed by atoms with Crippen LogP contribution in [0.2, 0.25) is 5.28 Å². The minimum Gasteiger partial charge on any atom is -0.396 e. The molecule has 8 nitrogen and oxygen atoms in total. The van der Waals surface area contributed by atoms with E-state index in [0.29, 0.717) is 17.6 Å². The molecule has 2 aromatic rings. The lowest BCUT2D eigenvalue weighted by Gasteiger charge is -2.22. The summed E-state index contributed by atoms with van der Waals surface area (Å²) in [7, 11) is 0. The second kappa shape index (κ2) is 6.31. The molecule has 0 aromatic carbocycles. The SMILES string of the molecule is CC(CO)O[C@H](CCO)n1cnc2c(N)nc(Cl)nc21. The van der Waals surface area contributed by atoms with E-state index in [4.69, 9.17) is 32.3 Å². The first-order valence-electron chi connectivity index (χ1n) is 6.09. The standard InChI is InChI=1S/C11H16ClN5O3/c1-6(4-19)20-7(2-3-18)17-5-14-8-9(13)15-11(12)16-10(8)17/h5-7,18-19H,2-4H2,1H3,(H2,13,15,16)/t6?,7-/m1/s1. The molecule has 0 saturated carbocycles. The summed E-state index contributed by atoms with van der Waals surface area (Å²) in [5, 5.41) is 18.2. The Labute approximate surface area is 120 Å². The summed E-state index contributed by atoms with van der Waals surface area (Å²) in [6.45, 7) is 1.50. The number of aliphatic hydroxyl groups excluding tert-OH is 2. The van der Waals surface area contributed by atoms with Gasteiger partial charge in [-0.15, -0.1) is 0 Å². The Balaban J connectivity index is 2.42. The van der Waals surface area contributed by atoms with Crippen LogP contribution in [0.5, 0.6) is 0 Å². The largest absolute Gasteiger partial charge is 0.396 e. The van der Waals surface area contributed by atoms with Gasteiger partial charge in [-0.1, -0.05) is 0 Å². The number of anilines is 1. The van der Waals surface area contributed by atoms with E-state index >= 15 is 0 Å². The summed E-state index contributed by atoms with van der Waals surface area (Å²) in [5.74, 6) is 0.178. The third-order valence-electron chi connectivity index (χ3n) is 2.75. The number of nitrogens with zero attached hydrogens (tertiary/aromatic N) is 4. The van der Waals surface area contributed by atoms with Crippen LogP contribution in [0, 0.1) is 0 Å². The Kier molecular flexibility index (Phi) is 4.71. The number of aromatic nitrogens is 4. The van der Waals surface area contributed by atoms with E-state index in [-0.39, 0.29) is 24.3 Å². The first-order chi connectivity index (χ1) is 9.56. The van der Waals surface area contributed by atoms with E-state index in [9.17, 15) is 0 Å². The summed E-state index contributed by atoms with van der Waals surface area (Å²) in [4.78, 5) is 12.0. The molecule has 2 heterocycles. The number of halogens is 1. The average molecular weight is 302 g/mol. The van der Waals surface area contributed by atoms with Crippen molar-refractivity contribution in [1.29, 1.82) is 0 Å². The fourth-order valence-corrected chi connectivity index (χ4v) is 1.99. The number of nitrogens with two attached hydrogens (primary N) is 1. The molecule has 0 aliphatic rings. The number of fused-ring (bicyclic) bond motifs is 1. The van der Waals surface area contributed by atoms with E-state index in [1.165, 1.54) is 6.33 Å². The fourth-order valence-electron chi connectivity index (χ4n) is 1.82. The smallest absolute Gasteiger partial charge is 0.226 e. The molecule has 2 atom stereocenters. The molecule has 0 amide bonds.